The summed E-state index contributed by atoms with van der Waals surface area (Å²) < 4.78 is 21.5. The maximum atomic E-state index is 13.8. The molecule has 0 radical (unpaired) electrons. The highest BCUT2D eigenvalue weighted by Gasteiger charge is 2.20. The highest BCUT2D eigenvalue weighted by Crippen LogP contribution is 2.38. The number of fused-ring (bicyclic) bond motifs is 1. The number of aromatic nitrogens is 3. The average Bonchev–Trinajstić information content (AvgIpc) is 3.40. The maximum Gasteiger partial charge on any atom is 0.156 e. The van der Waals surface area contributed by atoms with Crippen molar-refractivity contribution >= 4 is 57.0 Å². The predicted molar refractivity (Wildman–Crippen MR) is 162 cm³/mol. The molecule has 5 rings (SSSR count). The third-order valence-electron chi connectivity index (χ3n) is 6.36. The van der Waals surface area contributed by atoms with Gasteiger partial charge in [-0.25, -0.2) is 9.37 Å². The first kappa shape index (κ1) is 28.9. The van der Waals surface area contributed by atoms with Crippen molar-refractivity contribution in [3.8, 4) is 17.9 Å². The predicted octanol–water partition coefficient (Wildman–Crippen LogP) is 6.78. The minimum absolute atomic E-state index is 0.0606. The second-order valence-electron chi connectivity index (χ2n) is 9.10. The third-order valence-corrected chi connectivity index (χ3v) is 6.94. The number of benzene rings is 3. The first-order valence-electron chi connectivity index (χ1n) is 12.6. The van der Waals surface area contributed by atoms with E-state index in [1.54, 1.807) is 17.0 Å². The fourth-order valence-electron chi connectivity index (χ4n) is 4.37. The number of pyridine rings is 1. The number of aliphatic hydroxyl groups excluding tert-OH is 1. The molecule has 0 aliphatic heterocycles. The molecule has 0 atom stereocenters. The lowest BCUT2D eigenvalue weighted by Crippen LogP contribution is -2.17. The number of nitrogens with zero attached hydrogens (tertiary/aromatic N) is 5. The topological polar surface area (TPSA) is 99.2 Å². The molecule has 11 heteroatoms. The zero-order valence-electron chi connectivity index (χ0n) is 22.3. The van der Waals surface area contributed by atoms with E-state index in [-0.39, 0.29) is 23.9 Å². The van der Waals surface area contributed by atoms with Crippen LogP contribution in [0.2, 0.25) is 10.0 Å². The molecule has 210 valence electrons. The van der Waals surface area contributed by atoms with Crippen LogP contribution in [0, 0.1) is 29.0 Å². The smallest absolute Gasteiger partial charge is 0.156 e. The molecular weight excluding hydrogens is 578 g/mol. The number of rotatable bonds is 8. The second kappa shape index (κ2) is 12.9. The van der Waals surface area contributed by atoms with Crippen molar-refractivity contribution < 1.29 is 14.2 Å². The van der Waals surface area contributed by atoms with Gasteiger partial charge in [0.25, 0.3) is 0 Å². The number of nitrogens with one attached hydrogen (secondary N) is 1. The molecule has 0 aliphatic carbocycles. The molecule has 5 aromatic rings. The molecule has 0 saturated heterocycles. The fourth-order valence-corrected chi connectivity index (χ4v) is 4.81. The van der Waals surface area contributed by atoms with Crippen LogP contribution in [-0.4, -0.2) is 33.3 Å². The largest absolute Gasteiger partial charge is 0.384 e. The molecule has 2 N–H and O–H groups in total. The summed E-state index contributed by atoms with van der Waals surface area (Å²) in [5, 5.41) is 23.2. The van der Waals surface area contributed by atoms with Crippen LogP contribution in [0.5, 0.6) is 0 Å². The van der Waals surface area contributed by atoms with Crippen LogP contribution in [0.25, 0.3) is 10.9 Å². The van der Waals surface area contributed by atoms with Gasteiger partial charge in [0.15, 0.2) is 11.5 Å². The highest BCUT2D eigenvalue weighted by atomic mass is 35.5. The second-order valence-corrected chi connectivity index (χ2v) is 9.92. The first-order valence-corrected chi connectivity index (χ1v) is 13.4. The zero-order valence-corrected chi connectivity index (χ0v) is 23.8. The number of anilines is 4. The first-order chi connectivity index (χ1) is 20.4. The fraction of sp³-hybridized carbons (Fsp3) is 0.129. The van der Waals surface area contributed by atoms with Gasteiger partial charge in [0.05, 0.1) is 39.7 Å². The Kier molecular flexibility index (Phi) is 8.87. The summed E-state index contributed by atoms with van der Waals surface area (Å²) in [6.07, 6.45) is 3.04. The summed E-state index contributed by atoms with van der Waals surface area (Å²) in [4.78, 5) is 10.7. The van der Waals surface area contributed by atoms with Gasteiger partial charge < -0.3 is 20.1 Å². The summed E-state index contributed by atoms with van der Waals surface area (Å²) in [5.41, 5.74) is 3.72. The Labute approximate surface area is 251 Å². The summed E-state index contributed by atoms with van der Waals surface area (Å²) in [5.74, 6) is 5.59. The van der Waals surface area contributed by atoms with Crippen molar-refractivity contribution in [3.05, 3.63) is 106 Å². The Morgan fingerprint density at radius 2 is 1.90 bits per heavy atom. The van der Waals surface area contributed by atoms with Gasteiger partial charge in [-0.05, 0) is 41.8 Å². The Morgan fingerprint density at radius 1 is 1.10 bits per heavy atom. The molecule has 0 unspecified atom stereocenters. The van der Waals surface area contributed by atoms with Crippen LogP contribution >= 0.6 is 23.2 Å². The lowest BCUT2D eigenvalue weighted by Gasteiger charge is -2.23. The van der Waals surface area contributed by atoms with E-state index in [2.05, 4.69) is 33.2 Å². The third kappa shape index (κ3) is 6.15. The van der Waals surface area contributed by atoms with Gasteiger partial charge in [-0.1, -0.05) is 59.5 Å². The van der Waals surface area contributed by atoms with Gasteiger partial charge in [0.1, 0.15) is 25.2 Å². The van der Waals surface area contributed by atoms with Crippen LogP contribution in [0.15, 0.2) is 73.2 Å². The van der Waals surface area contributed by atoms with Crippen molar-refractivity contribution in [3.63, 3.8) is 0 Å². The molecule has 2 aromatic heterocycles. The molecule has 0 fully saturated rings. The van der Waals surface area contributed by atoms with Crippen molar-refractivity contribution in [2.75, 3.05) is 23.9 Å². The van der Waals surface area contributed by atoms with E-state index in [4.69, 9.17) is 27.9 Å². The van der Waals surface area contributed by atoms with Crippen LogP contribution in [0.4, 0.5) is 27.3 Å². The van der Waals surface area contributed by atoms with E-state index in [1.165, 1.54) is 24.4 Å². The lowest BCUT2D eigenvalue weighted by atomic mass is 10.1. The van der Waals surface area contributed by atoms with E-state index in [0.29, 0.717) is 51.1 Å². The monoisotopic (exact) mass is 600 g/mol. The normalized spacial score (nSPS) is 10.7. The van der Waals surface area contributed by atoms with E-state index >= 15 is 0 Å². The molecule has 0 amide bonds. The molecule has 42 heavy (non-hydrogen) atoms. The van der Waals surface area contributed by atoms with Crippen molar-refractivity contribution in [2.24, 2.45) is 0 Å². The van der Waals surface area contributed by atoms with Crippen LogP contribution in [0.3, 0.4) is 0 Å². The maximum absolute atomic E-state index is 13.8. The van der Waals surface area contributed by atoms with Crippen molar-refractivity contribution in [1.82, 2.24) is 14.5 Å². The molecule has 0 bridgehead atoms. The SMILES string of the molecule is CN(c1cc(Cl)c2ncc(C#N)c(Nc3ccc(F)c(Cl)c3)c2c1)c1c(C#CCO)ncn1COCc1ccccc1. The number of nitriles is 1. The highest BCUT2D eigenvalue weighted by molar-refractivity contribution is 6.36. The molecule has 0 spiro atoms. The van der Waals surface area contributed by atoms with Crippen LogP contribution in [0.1, 0.15) is 16.8 Å². The van der Waals surface area contributed by atoms with Crippen LogP contribution in [-0.2, 0) is 18.1 Å². The van der Waals surface area contributed by atoms with Crippen LogP contribution < -0.4 is 10.2 Å². The molecule has 8 nitrogen and oxygen atoms in total. The quantitative estimate of drug-likeness (QED) is 0.189. The Hall–Kier alpha value is -4.64. The molecule has 3 aromatic carbocycles. The van der Waals surface area contributed by atoms with Gasteiger partial charge in [-0.3, -0.25) is 9.55 Å². The van der Waals surface area contributed by atoms with E-state index in [0.717, 1.165) is 5.56 Å². The number of aliphatic hydroxyl groups is 1. The zero-order chi connectivity index (χ0) is 29.6. The molecule has 2 heterocycles. The Morgan fingerprint density at radius 3 is 2.64 bits per heavy atom. The summed E-state index contributed by atoms with van der Waals surface area (Å²) in [7, 11) is 1.82. The number of hydrogen-bond donors (Lipinski definition) is 2. The number of hydrogen-bond acceptors (Lipinski definition) is 7. The van der Waals surface area contributed by atoms with Gasteiger partial charge in [0.2, 0.25) is 0 Å². The number of halogens is 3. The average molecular weight is 601 g/mol. The van der Waals surface area contributed by atoms with Crippen molar-refractivity contribution in [1.29, 1.82) is 5.26 Å². The molecule has 0 saturated carbocycles. The lowest BCUT2D eigenvalue weighted by molar-refractivity contribution is 0.0648. The Balaban J connectivity index is 1.56. The van der Waals surface area contributed by atoms with E-state index in [1.807, 2.05) is 48.3 Å². The molecule has 0 aliphatic rings. The summed E-state index contributed by atoms with van der Waals surface area (Å²) in [6.45, 7) is 0.252. The standard InChI is InChI=1S/C31H23Cl2FN6O2/c1-39(31-28(8-5-11-41)37-18-40(31)19-42-17-20-6-3-2-4-7-20)23-13-24-29(38-22-9-10-27(34)25(32)12-22)21(15-35)16-36-30(24)26(33)14-23/h2-4,6-7,9-10,12-14,16,18,41H,11,17,19H2,1H3,(H,36,38). The van der Waals surface area contributed by atoms with E-state index < -0.39 is 5.82 Å². The van der Waals surface area contributed by atoms with Gasteiger partial charge in [-0.2, -0.15) is 5.26 Å². The van der Waals surface area contributed by atoms with Gasteiger partial charge in [-0.15, -0.1) is 0 Å². The van der Waals surface area contributed by atoms with Gasteiger partial charge >= 0.3 is 0 Å². The summed E-state index contributed by atoms with van der Waals surface area (Å²) >= 11 is 12.7. The minimum Gasteiger partial charge on any atom is -0.384 e. The van der Waals surface area contributed by atoms with Gasteiger partial charge in [0, 0.05) is 30.0 Å². The summed E-state index contributed by atoms with van der Waals surface area (Å²) in [6, 6.07) is 19.7. The minimum atomic E-state index is -0.557. The van der Waals surface area contributed by atoms with Crippen molar-refractivity contribution in [2.45, 2.75) is 13.3 Å². The van der Waals surface area contributed by atoms with E-state index in [9.17, 15) is 14.8 Å². The number of imidazole rings is 1. The Bertz CT molecular complexity index is 1860. The number of ether oxygens (including phenoxy) is 1. The molecular formula is C31H23Cl2FN6O2.